The largest absolute Gasteiger partial charge is 0.480 e. The van der Waals surface area contributed by atoms with Crippen molar-refractivity contribution in [1.82, 2.24) is 53.2 Å². The fraction of sp³-hybridized carbons (Fsp3) is 0.520. The van der Waals surface area contributed by atoms with E-state index in [1.807, 2.05) is 0 Å². The molecule has 78 heavy (non-hydrogen) atoms. The minimum Gasteiger partial charge on any atom is -0.480 e. The predicted molar refractivity (Wildman–Crippen MR) is 283 cm³/mol. The number of carbonyl (C=O) groups excluding carboxylic acids is 10. The summed E-state index contributed by atoms with van der Waals surface area (Å²) < 4.78 is 0. The molecule has 28 heteroatoms. The number of hydrogen-bond donors (Lipinski definition) is 16. The monoisotopic (exact) mass is 1100 g/mol. The molecule has 0 unspecified atom stereocenters. The number of carboxylic acid groups (broad SMARTS) is 1. The number of nitrogens with zero attached hydrogens (tertiary/aromatic N) is 1. The molecule has 0 heterocycles. The van der Waals surface area contributed by atoms with Crippen LogP contribution in [-0.4, -0.2) is 175 Å². The first-order valence-corrected chi connectivity index (χ1v) is 25.2. The zero-order valence-corrected chi connectivity index (χ0v) is 44.2. The number of aliphatic carboxylic acids is 1. The van der Waals surface area contributed by atoms with E-state index in [2.05, 4.69) is 58.2 Å². The number of nitrogens with one attached hydrogen (secondary N) is 10. The highest BCUT2D eigenvalue weighted by Gasteiger charge is 2.33. The molecule has 0 aromatic heterocycles. The van der Waals surface area contributed by atoms with E-state index in [0.29, 0.717) is 12.0 Å². The third-order valence-electron chi connectivity index (χ3n) is 11.7. The smallest absolute Gasteiger partial charge is 0.326 e. The summed E-state index contributed by atoms with van der Waals surface area (Å²) >= 11 is 0. The Hall–Kier alpha value is -8.24. The van der Waals surface area contributed by atoms with Crippen molar-refractivity contribution in [2.75, 3.05) is 45.9 Å². The number of nitrogens with two attached hydrogens (primary N) is 3. The van der Waals surface area contributed by atoms with E-state index >= 15 is 0 Å². The number of amides is 10. The minimum atomic E-state index is -1.66. The number of guanidine groups is 1. The van der Waals surface area contributed by atoms with Gasteiger partial charge < -0.3 is 85.7 Å². The van der Waals surface area contributed by atoms with Crippen molar-refractivity contribution in [2.24, 2.45) is 34.0 Å². The molecular weight excluding hydrogens is 1020 g/mol. The predicted octanol–water partition coefficient (Wildman–Crippen LogP) is -5.61. The first kappa shape index (κ1) is 65.9. The maximum Gasteiger partial charge on any atom is 0.326 e. The third kappa shape index (κ3) is 25.1. The molecule has 0 aliphatic rings. The number of aliphatic hydroxyl groups excluding tert-OH is 2. The van der Waals surface area contributed by atoms with Gasteiger partial charge in [-0.2, -0.15) is 0 Å². The van der Waals surface area contributed by atoms with Gasteiger partial charge in [-0.1, -0.05) is 94.8 Å². The first-order chi connectivity index (χ1) is 37.0. The van der Waals surface area contributed by atoms with Gasteiger partial charge in [-0.3, -0.25) is 52.9 Å². The number of aliphatic hydroxyl groups is 2. The van der Waals surface area contributed by atoms with Crippen LogP contribution in [0.25, 0.3) is 0 Å². The van der Waals surface area contributed by atoms with Crippen LogP contribution in [0.15, 0.2) is 65.7 Å². The number of aliphatic imine (C=N–C) groups is 1. The number of carboxylic acids is 1. The molecule has 8 atom stereocenters. The van der Waals surface area contributed by atoms with Crippen molar-refractivity contribution in [2.45, 2.75) is 109 Å². The molecule has 10 amide bonds. The van der Waals surface area contributed by atoms with E-state index in [9.17, 15) is 68.1 Å². The molecule has 0 radical (unpaired) electrons. The quantitative estimate of drug-likeness (QED) is 0.0174. The van der Waals surface area contributed by atoms with Gasteiger partial charge in [-0.05, 0) is 42.2 Å². The first-order valence-electron chi connectivity index (χ1n) is 25.2. The average molecular weight is 1100 g/mol. The molecule has 0 aliphatic heterocycles. The van der Waals surface area contributed by atoms with Crippen LogP contribution in [0.1, 0.15) is 64.5 Å². The Morgan fingerprint density at radius 1 is 0.526 bits per heavy atom. The van der Waals surface area contributed by atoms with Crippen molar-refractivity contribution in [1.29, 1.82) is 0 Å². The average Bonchev–Trinajstić information content (AvgIpc) is 3.41. The normalized spacial score (nSPS) is 13.9. The second-order valence-electron chi connectivity index (χ2n) is 18.5. The van der Waals surface area contributed by atoms with Crippen molar-refractivity contribution < 1.29 is 68.1 Å². The van der Waals surface area contributed by atoms with Crippen molar-refractivity contribution in [3.8, 4) is 0 Å². The lowest BCUT2D eigenvalue weighted by Gasteiger charge is -2.26. The second kappa shape index (κ2) is 35.2. The van der Waals surface area contributed by atoms with E-state index in [4.69, 9.17) is 17.2 Å². The van der Waals surface area contributed by atoms with Crippen LogP contribution in [0.5, 0.6) is 0 Å². The SMILES string of the molecule is CC[C@H](C)[C@H](NC(=O)CNC(=O)[C@H](Cc1ccccc1)NC(=O)CN)C(=O)N[C@@H](CO)C(=O)NCC(=O)N[C@@H](CC(C)C)C(=O)NCC(=O)N[C@@H](CO)C(=O)N[C@@H](CCCN=C(N)N)C(=O)N[C@@H](Cc1ccccc1)C(=O)O. The molecule has 28 nitrogen and oxygen atoms in total. The zero-order valence-electron chi connectivity index (χ0n) is 44.2. The molecule has 2 rings (SSSR count). The van der Waals surface area contributed by atoms with Crippen LogP contribution in [-0.2, 0) is 65.6 Å². The number of hydrogen-bond acceptors (Lipinski definition) is 15. The molecule has 0 saturated heterocycles. The molecule has 19 N–H and O–H groups in total. The van der Waals surface area contributed by atoms with Gasteiger partial charge >= 0.3 is 5.97 Å². The number of benzene rings is 2. The summed E-state index contributed by atoms with van der Waals surface area (Å²) in [7, 11) is 0. The molecule has 0 saturated carbocycles. The van der Waals surface area contributed by atoms with Gasteiger partial charge in [0.1, 0.15) is 42.3 Å². The van der Waals surface area contributed by atoms with E-state index in [0.717, 1.165) is 5.56 Å². The van der Waals surface area contributed by atoms with Crippen LogP contribution < -0.4 is 70.4 Å². The van der Waals surface area contributed by atoms with Gasteiger partial charge in [0.25, 0.3) is 0 Å². The van der Waals surface area contributed by atoms with Gasteiger partial charge in [0, 0.05) is 19.4 Å². The summed E-state index contributed by atoms with van der Waals surface area (Å²) in [6.07, 6.45) is 0.457. The Bertz CT molecular complexity index is 2360. The highest BCUT2D eigenvalue weighted by molar-refractivity contribution is 5.97. The molecule has 2 aromatic carbocycles. The van der Waals surface area contributed by atoms with Gasteiger partial charge in [0.05, 0.1) is 39.4 Å². The topological polar surface area (TPSA) is 459 Å². The van der Waals surface area contributed by atoms with E-state index < -0.39 is 146 Å². The summed E-state index contributed by atoms with van der Waals surface area (Å²) in [5, 5.41) is 53.9. The molecule has 0 fully saturated rings. The molecule has 2 aromatic rings. The van der Waals surface area contributed by atoms with Crippen molar-refractivity contribution in [3.63, 3.8) is 0 Å². The van der Waals surface area contributed by atoms with Crippen LogP contribution in [0.4, 0.5) is 0 Å². The summed E-state index contributed by atoms with van der Waals surface area (Å²) in [6, 6.07) is 7.57. The van der Waals surface area contributed by atoms with E-state index in [1.165, 1.54) is 0 Å². The van der Waals surface area contributed by atoms with E-state index in [-0.39, 0.29) is 57.1 Å². The molecular formula is C50H76N14O14. The van der Waals surface area contributed by atoms with Crippen LogP contribution in [0.2, 0.25) is 0 Å². The highest BCUT2D eigenvalue weighted by atomic mass is 16.4. The lowest BCUT2D eigenvalue weighted by molar-refractivity contribution is -0.142. The Morgan fingerprint density at radius 2 is 0.949 bits per heavy atom. The summed E-state index contributed by atoms with van der Waals surface area (Å²) in [5.74, 6) is -10.9. The maximum absolute atomic E-state index is 13.5. The Balaban J connectivity index is 2.02. The fourth-order valence-electron chi connectivity index (χ4n) is 7.32. The molecule has 430 valence electrons. The van der Waals surface area contributed by atoms with E-state index in [1.54, 1.807) is 88.4 Å². The van der Waals surface area contributed by atoms with Crippen molar-refractivity contribution in [3.05, 3.63) is 71.8 Å². The zero-order chi connectivity index (χ0) is 58.3. The highest BCUT2D eigenvalue weighted by Crippen LogP contribution is 2.10. The summed E-state index contributed by atoms with van der Waals surface area (Å²) in [6.45, 7) is 2.48. The van der Waals surface area contributed by atoms with Crippen LogP contribution in [0, 0.1) is 11.8 Å². The molecule has 0 aliphatic carbocycles. The fourth-order valence-corrected chi connectivity index (χ4v) is 7.32. The lowest BCUT2D eigenvalue weighted by atomic mass is 9.98. The second-order valence-corrected chi connectivity index (χ2v) is 18.5. The number of carbonyl (C=O) groups is 11. The lowest BCUT2D eigenvalue weighted by Crippen LogP contribution is -2.59. The van der Waals surface area contributed by atoms with Gasteiger partial charge in [0.2, 0.25) is 59.1 Å². The summed E-state index contributed by atoms with van der Waals surface area (Å²) in [5.41, 5.74) is 17.5. The maximum atomic E-state index is 13.5. The molecule has 0 spiro atoms. The van der Waals surface area contributed by atoms with Crippen LogP contribution in [0.3, 0.4) is 0 Å². The third-order valence-corrected chi connectivity index (χ3v) is 11.7. The Labute approximate surface area is 451 Å². The van der Waals surface area contributed by atoms with Gasteiger partial charge in [0.15, 0.2) is 5.96 Å². The summed E-state index contributed by atoms with van der Waals surface area (Å²) in [4.78, 5) is 147. The Morgan fingerprint density at radius 3 is 1.42 bits per heavy atom. The van der Waals surface area contributed by atoms with Crippen LogP contribution >= 0.6 is 0 Å². The van der Waals surface area contributed by atoms with Crippen molar-refractivity contribution >= 4 is 71.0 Å². The Kier molecular flexibility index (Phi) is 29.7. The standard InChI is InChI=1S/C50H76N14O14/c1-5-29(4)42(64-41(70)25-56-44(72)34(58-38(67)22-51)20-30-13-8-6-9-14-30)48(76)63-36(26-65)45(73)57-23-39(68)59-33(19-28(2)3)43(71)55-24-40(69)60-37(27-66)47(75)61-32(17-12-18-54-50(52)53)46(74)62-35(49(77)78)21-31-15-10-7-11-16-31/h6-11,13-16,28-29,32-37,42,65-66H,5,12,17-27,51H2,1-4H3,(H,55,71)(H,56,72)(H,57,73)(H,58,67)(H,59,68)(H,60,69)(H,61,75)(H,62,74)(H,63,76)(H,64,70)(H,77,78)(H4,52,53,54)/t29-,32-,33-,34-,35-,36-,37-,42-/m0/s1. The van der Waals surface area contributed by atoms with Gasteiger partial charge in [-0.15, -0.1) is 0 Å². The van der Waals surface area contributed by atoms with Gasteiger partial charge in [-0.25, -0.2) is 4.79 Å². The molecule has 0 bridgehead atoms. The number of rotatable bonds is 35. The minimum absolute atomic E-state index is 0.0381.